The van der Waals surface area contributed by atoms with Crippen molar-refractivity contribution in [3.05, 3.63) is 47.5 Å². The Morgan fingerprint density at radius 3 is 2.78 bits per heavy atom. The second kappa shape index (κ2) is 8.10. The molecule has 0 bridgehead atoms. The van der Waals surface area contributed by atoms with Crippen LogP contribution in [-0.2, 0) is 0 Å². The van der Waals surface area contributed by atoms with Gasteiger partial charge in [0, 0.05) is 6.04 Å². The Morgan fingerprint density at radius 2 is 2.11 bits per heavy atom. The van der Waals surface area contributed by atoms with Gasteiger partial charge in [0.2, 0.25) is 0 Å². The van der Waals surface area contributed by atoms with Crippen LogP contribution in [0.1, 0.15) is 55.3 Å². The highest BCUT2D eigenvalue weighted by Crippen LogP contribution is 2.24. The third-order valence-corrected chi connectivity index (χ3v) is 3.35. The van der Waals surface area contributed by atoms with Crippen LogP contribution in [0.2, 0.25) is 0 Å². The smallest absolute Gasteiger partial charge is 0.0323 e. The summed E-state index contributed by atoms with van der Waals surface area (Å²) in [7, 11) is 0. The quantitative estimate of drug-likeness (QED) is 0.517. The van der Waals surface area contributed by atoms with Crippen LogP contribution in [0.5, 0.6) is 0 Å². The molecular weight excluding hydrogens is 218 g/mol. The van der Waals surface area contributed by atoms with E-state index in [1.165, 1.54) is 36.0 Å². The van der Waals surface area contributed by atoms with Crippen LogP contribution in [0.4, 0.5) is 0 Å². The van der Waals surface area contributed by atoms with Gasteiger partial charge in [0.25, 0.3) is 0 Å². The molecule has 0 aliphatic carbocycles. The van der Waals surface area contributed by atoms with Gasteiger partial charge in [0.1, 0.15) is 0 Å². The first-order valence-electron chi connectivity index (χ1n) is 7.10. The summed E-state index contributed by atoms with van der Waals surface area (Å²) in [5, 5.41) is 3.68. The highest BCUT2D eigenvalue weighted by molar-refractivity contribution is 5.33. The van der Waals surface area contributed by atoms with Crippen LogP contribution in [0, 0.1) is 13.8 Å². The number of allylic oxidation sites excluding steroid dienone is 1. The van der Waals surface area contributed by atoms with Crippen LogP contribution in [0.25, 0.3) is 0 Å². The van der Waals surface area contributed by atoms with Gasteiger partial charge in [0.05, 0.1) is 0 Å². The van der Waals surface area contributed by atoms with Gasteiger partial charge in [-0.25, -0.2) is 0 Å². The highest BCUT2D eigenvalue weighted by atomic mass is 14.9. The zero-order valence-corrected chi connectivity index (χ0v) is 12.1. The summed E-state index contributed by atoms with van der Waals surface area (Å²) in [5.74, 6) is 0. The number of hydrogen-bond acceptors (Lipinski definition) is 1. The van der Waals surface area contributed by atoms with Crippen LogP contribution >= 0.6 is 0 Å². The summed E-state index contributed by atoms with van der Waals surface area (Å²) in [5.41, 5.74) is 4.21. The molecule has 0 fully saturated rings. The average Bonchev–Trinajstić information content (AvgIpc) is 2.37. The maximum atomic E-state index is 3.80. The first-order chi connectivity index (χ1) is 8.69. The zero-order valence-electron chi connectivity index (χ0n) is 12.1. The van der Waals surface area contributed by atoms with E-state index in [0.717, 1.165) is 13.0 Å². The minimum Gasteiger partial charge on any atom is -0.310 e. The van der Waals surface area contributed by atoms with Gasteiger partial charge in [-0.05, 0) is 57.2 Å². The van der Waals surface area contributed by atoms with Gasteiger partial charge in [-0.15, -0.1) is 6.58 Å². The van der Waals surface area contributed by atoms with Crippen molar-refractivity contribution in [2.45, 2.75) is 52.5 Å². The van der Waals surface area contributed by atoms with Gasteiger partial charge in [-0.3, -0.25) is 0 Å². The lowest BCUT2D eigenvalue weighted by molar-refractivity contribution is 0.484. The number of nitrogens with one attached hydrogen (secondary N) is 1. The number of unbranched alkanes of at least 4 members (excludes halogenated alkanes) is 1. The summed E-state index contributed by atoms with van der Waals surface area (Å²) in [4.78, 5) is 0. The number of benzene rings is 1. The molecule has 0 heterocycles. The Labute approximate surface area is 112 Å². The van der Waals surface area contributed by atoms with E-state index in [4.69, 9.17) is 0 Å². The predicted octanol–water partition coefficient (Wildman–Crippen LogP) is 4.70. The fraction of sp³-hybridized carbons (Fsp3) is 0.529. The fourth-order valence-corrected chi connectivity index (χ4v) is 2.29. The second-order valence-corrected chi connectivity index (χ2v) is 5.09. The third kappa shape index (κ3) is 4.66. The largest absolute Gasteiger partial charge is 0.310 e. The number of hydrogen-bond donors (Lipinski definition) is 1. The molecule has 18 heavy (non-hydrogen) atoms. The molecule has 1 N–H and O–H groups in total. The molecule has 1 aromatic rings. The second-order valence-electron chi connectivity index (χ2n) is 5.09. The van der Waals surface area contributed by atoms with Crippen LogP contribution < -0.4 is 5.32 Å². The monoisotopic (exact) mass is 245 g/mol. The topological polar surface area (TPSA) is 12.0 Å². The molecule has 1 rings (SSSR count). The van der Waals surface area contributed by atoms with E-state index in [1.54, 1.807) is 0 Å². The average molecular weight is 245 g/mol. The molecule has 0 radical (unpaired) electrons. The van der Waals surface area contributed by atoms with Crippen LogP contribution in [0.3, 0.4) is 0 Å². The van der Waals surface area contributed by atoms with E-state index in [1.807, 2.05) is 6.08 Å². The molecule has 1 unspecified atom stereocenters. The van der Waals surface area contributed by atoms with Gasteiger partial charge in [-0.1, -0.05) is 36.8 Å². The van der Waals surface area contributed by atoms with Gasteiger partial charge in [-0.2, -0.15) is 0 Å². The SMILES string of the molecule is C=CCCCC(NCCC)c1cc(C)ccc1C. The van der Waals surface area contributed by atoms with E-state index in [9.17, 15) is 0 Å². The van der Waals surface area contributed by atoms with Gasteiger partial charge < -0.3 is 5.32 Å². The molecule has 1 heteroatoms. The highest BCUT2D eigenvalue weighted by Gasteiger charge is 2.12. The normalized spacial score (nSPS) is 12.4. The summed E-state index contributed by atoms with van der Waals surface area (Å²) < 4.78 is 0. The molecule has 0 saturated heterocycles. The standard InChI is InChI=1S/C17H27N/c1-5-7-8-9-17(18-12-6-2)16-13-14(3)10-11-15(16)4/h5,10-11,13,17-18H,1,6-9,12H2,2-4H3. The molecule has 0 saturated carbocycles. The summed E-state index contributed by atoms with van der Waals surface area (Å²) in [6.45, 7) is 11.5. The zero-order chi connectivity index (χ0) is 13.4. The van der Waals surface area contributed by atoms with Crippen molar-refractivity contribution in [1.29, 1.82) is 0 Å². The van der Waals surface area contributed by atoms with Crippen molar-refractivity contribution >= 4 is 0 Å². The maximum absolute atomic E-state index is 3.80. The Bertz CT molecular complexity index is 368. The van der Waals surface area contributed by atoms with Crippen molar-refractivity contribution in [1.82, 2.24) is 5.32 Å². The molecule has 1 atom stereocenters. The first kappa shape index (κ1) is 15.0. The third-order valence-electron chi connectivity index (χ3n) is 3.35. The minimum absolute atomic E-state index is 0.491. The van der Waals surface area contributed by atoms with Gasteiger partial charge in [0.15, 0.2) is 0 Å². The summed E-state index contributed by atoms with van der Waals surface area (Å²) >= 11 is 0. The lowest BCUT2D eigenvalue weighted by Crippen LogP contribution is -2.23. The van der Waals surface area contributed by atoms with E-state index < -0.39 is 0 Å². The van der Waals surface area contributed by atoms with Gasteiger partial charge >= 0.3 is 0 Å². The maximum Gasteiger partial charge on any atom is 0.0323 e. The molecule has 1 aromatic carbocycles. The van der Waals surface area contributed by atoms with E-state index in [-0.39, 0.29) is 0 Å². The predicted molar refractivity (Wildman–Crippen MR) is 81.0 cm³/mol. The number of rotatable bonds is 8. The molecule has 0 aromatic heterocycles. The molecular formula is C17H27N. The minimum atomic E-state index is 0.491. The number of aryl methyl sites for hydroxylation is 2. The summed E-state index contributed by atoms with van der Waals surface area (Å²) in [6, 6.07) is 7.25. The molecule has 1 nitrogen and oxygen atoms in total. The first-order valence-corrected chi connectivity index (χ1v) is 7.10. The Kier molecular flexibility index (Phi) is 6.74. The Hall–Kier alpha value is -1.08. The molecule has 0 amide bonds. The van der Waals surface area contributed by atoms with Crippen molar-refractivity contribution < 1.29 is 0 Å². The van der Waals surface area contributed by atoms with Crippen LogP contribution in [-0.4, -0.2) is 6.54 Å². The Morgan fingerprint density at radius 1 is 1.33 bits per heavy atom. The fourth-order valence-electron chi connectivity index (χ4n) is 2.29. The van der Waals surface area contributed by atoms with Crippen molar-refractivity contribution in [2.75, 3.05) is 6.54 Å². The molecule has 0 aliphatic rings. The summed E-state index contributed by atoms with van der Waals surface area (Å²) in [6.07, 6.45) is 6.70. The van der Waals surface area contributed by atoms with Crippen molar-refractivity contribution in [3.8, 4) is 0 Å². The molecule has 100 valence electrons. The van der Waals surface area contributed by atoms with Crippen molar-refractivity contribution in [2.24, 2.45) is 0 Å². The Balaban J connectivity index is 2.78. The van der Waals surface area contributed by atoms with E-state index in [0.29, 0.717) is 6.04 Å². The lowest BCUT2D eigenvalue weighted by atomic mass is 9.95. The van der Waals surface area contributed by atoms with E-state index in [2.05, 4.69) is 50.9 Å². The van der Waals surface area contributed by atoms with Crippen molar-refractivity contribution in [3.63, 3.8) is 0 Å². The van der Waals surface area contributed by atoms with Crippen LogP contribution in [0.15, 0.2) is 30.9 Å². The lowest BCUT2D eigenvalue weighted by Gasteiger charge is -2.21. The molecule has 0 spiro atoms. The van der Waals surface area contributed by atoms with E-state index >= 15 is 0 Å². The molecule has 0 aliphatic heterocycles.